The van der Waals surface area contributed by atoms with Gasteiger partial charge in [-0.15, -0.1) is 0 Å². The predicted molar refractivity (Wildman–Crippen MR) is 64.8 cm³/mol. The van der Waals surface area contributed by atoms with Gasteiger partial charge in [-0.1, -0.05) is 11.8 Å². The summed E-state index contributed by atoms with van der Waals surface area (Å²) in [5.74, 6) is -0.683. The maximum Gasteiger partial charge on any atom is 0.301 e. The standard InChI is InChI=1S/C11H9F3N4S/c12-8(10(13)14)3-7-19-11-15-5-2-9(17-11)18-6-1-4-16-18/h1-2,4-6H,3,7H2. The van der Waals surface area contributed by atoms with Crippen LogP contribution in [0.5, 0.6) is 0 Å². The van der Waals surface area contributed by atoms with Gasteiger partial charge in [0, 0.05) is 36.8 Å². The number of thioether (sulfide) groups is 1. The molecule has 0 aliphatic heterocycles. The van der Waals surface area contributed by atoms with Gasteiger partial charge in [0.1, 0.15) is 0 Å². The highest BCUT2D eigenvalue weighted by molar-refractivity contribution is 7.99. The maximum absolute atomic E-state index is 12.6. The Balaban J connectivity index is 1.99. The average molecular weight is 286 g/mol. The zero-order chi connectivity index (χ0) is 13.7. The second-order valence-electron chi connectivity index (χ2n) is 3.41. The predicted octanol–water partition coefficient (Wildman–Crippen LogP) is 3.22. The maximum atomic E-state index is 12.6. The van der Waals surface area contributed by atoms with Crippen LogP contribution in [-0.2, 0) is 0 Å². The molecular formula is C11H9F3N4S. The van der Waals surface area contributed by atoms with Crippen LogP contribution in [0.3, 0.4) is 0 Å². The molecule has 19 heavy (non-hydrogen) atoms. The topological polar surface area (TPSA) is 43.6 Å². The summed E-state index contributed by atoms with van der Waals surface area (Å²) in [5, 5.41) is 4.40. The molecule has 0 unspecified atom stereocenters. The Hall–Kier alpha value is -1.83. The van der Waals surface area contributed by atoms with E-state index in [1.54, 1.807) is 29.2 Å². The van der Waals surface area contributed by atoms with Crippen molar-refractivity contribution in [3.05, 3.63) is 42.6 Å². The number of hydrogen-bond acceptors (Lipinski definition) is 4. The van der Waals surface area contributed by atoms with Crippen molar-refractivity contribution in [1.82, 2.24) is 19.7 Å². The van der Waals surface area contributed by atoms with Crippen molar-refractivity contribution in [2.45, 2.75) is 11.6 Å². The third kappa shape index (κ3) is 3.82. The Kier molecular flexibility index (Phi) is 4.56. The molecule has 0 aliphatic rings. The van der Waals surface area contributed by atoms with Crippen LogP contribution < -0.4 is 0 Å². The number of halogens is 3. The SMILES string of the molecule is FC(F)=C(F)CCSc1nccc(-n2cccn2)n1. The lowest BCUT2D eigenvalue weighted by Gasteiger charge is -2.02. The summed E-state index contributed by atoms with van der Waals surface area (Å²) in [6, 6.07) is 3.41. The van der Waals surface area contributed by atoms with E-state index in [0.29, 0.717) is 11.0 Å². The first-order valence-electron chi connectivity index (χ1n) is 5.32. The van der Waals surface area contributed by atoms with E-state index < -0.39 is 11.9 Å². The van der Waals surface area contributed by atoms with Crippen LogP contribution in [0.1, 0.15) is 6.42 Å². The number of nitrogens with zero attached hydrogens (tertiary/aromatic N) is 4. The highest BCUT2D eigenvalue weighted by Gasteiger charge is 2.07. The van der Waals surface area contributed by atoms with Gasteiger partial charge >= 0.3 is 6.08 Å². The Morgan fingerprint density at radius 2 is 2.11 bits per heavy atom. The van der Waals surface area contributed by atoms with E-state index in [9.17, 15) is 13.2 Å². The van der Waals surface area contributed by atoms with E-state index >= 15 is 0 Å². The lowest BCUT2D eigenvalue weighted by molar-refractivity contribution is 0.373. The average Bonchev–Trinajstić information content (AvgIpc) is 2.93. The van der Waals surface area contributed by atoms with Gasteiger partial charge in [0.05, 0.1) is 0 Å². The molecule has 0 atom stereocenters. The van der Waals surface area contributed by atoms with Crippen molar-refractivity contribution in [2.24, 2.45) is 0 Å². The molecule has 2 rings (SSSR count). The fourth-order valence-corrected chi connectivity index (χ4v) is 2.02. The third-order valence-corrected chi connectivity index (χ3v) is 2.98. The lowest BCUT2D eigenvalue weighted by atomic mass is 10.4. The number of aromatic nitrogens is 4. The van der Waals surface area contributed by atoms with Crippen LogP contribution in [0, 0.1) is 0 Å². The van der Waals surface area contributed by atoms with Crippen LogP contribution in [-0.4, -0.2) is 25.5 Å². The van der Waals surface area contributed by atoms with Crippen molar-refractivity contribution in [2.75, 3.05) is 5.75 Å². The van der Waals surface area contributed by atoms with Gasteiger partial charge in [-0.05, 0) is 6.07 Å². The summed E-state index contributed by atoms with van der Waals surface area (Å²) in [6.07, 6.45) is 2.25. The van der Waals surface area contributed by atoms with Crippen LogP contribution >= 0.6 is 11.8 Å². The first-order chi connectivity index (χ1) is 9.16. The molecular weight excluding hydrogens is 277 g/mol. The highest BCUT2D eigenvalue weighted by atomic mass is 32.2. The van der Waals surface area contributed by atoms with Gasteiger partial charge in [0.25, 0.3) is 0 Å². The second kappa shape index (κ2) is 6.37. The summed E-state index contributed by atoms with van der Waals surface area (Å²) < 4.78 is 37.9. The summed E-state index contributed by atoms with van der Waals surface area (Å²) in [7, 11) is 0. The van der Waals surface area contributed by atoms with E-state index in [-0.39, 0.29) is 12.2 Å². The molecule has 0 amide bonds. The van der Waals surface area contributed by atoms with E-state index in [2.05, 4.69) is 15.1 Å². The summed E-state index contributed by atoms with van der Waals surface area (Å²) in [6.45, 7) is 0. The molecule has 0 N–H and O–H groups in total. The van der Waals surface area contributed by atoms with E-state index in [0.717, 1.165) is 11.8 Å². The van der Waals surface area contributed by atoms with Gasteiger partial charge in [-0.2, -0.15) is 13.9 Å². The van der Waals surface area contributed by atoms with E-state index in [4.69, 9.17) is 0 Å². The summed E-state index contributed by atoms with van der Waals surface area (Å²) >= 11 is 1.11. The Bertz CT molecular complexity index is 567. The largest absolute Gasteiger partial charge is 0.301 e. The van der Waals surface area contributed by atoms with Crippen molar-refractivity contribution < 1.29 is 13.2 Å². The molecule has 0 saturated heterocycles. The Morgan fingerprint density at radius 3 is 2.79 bits per heavy atom. The van der Waals surface area contributed by atoms with Crippen molar-refractivity contribution in [3.63, 3.8) is 0 Å². The molecule has 2 heterocycles. The molecule has 0 aliphatic carbocycles. The first-order valence-corrected chi connectivity index (χ1v) is 6.31. The molecule has 0 fully saturated rings. The number of rotatable bonds is 5. The molecule has 0 spiro atoms. The molecule has 100 valence electrons. The van der Waals surface area contributed by atoms with Gasteiger partial charge in [0.15, 0.2) is 16.8 Å². The minimum atomic E-state index is -2.27. The van der Waals surface area contributed by atoms with Crippen LogP contribution in [0.25, 0.3) is 5.82 Å². The molecule has 8 heteroatoms. The Labute approximate surface area is 111 Å². The van der Waals surface area contributed by atoms with Gasteiger partial charge in [0.2, 0.25) is 0 Å². The fraction of sp³-hybridized carbons (Fsp3) is 0.182. The van der Waals surface area contributed by atoms with Gasteiger partial charge in [-0.25, -0.2) is 19.0 Å². The van der Waals surface area contributed by atoms with E-state index in [1.807, 2.05) is 0 Å². The highest BCUT2D eigenvalue weighted by Crippen LogP contribution is 2.20. The number of hydrogen-bond donors (Lipinski definition) is 0. The molecule has 0 saturated carbocycles. The van der Waals surface area contributed by atoms with Crippen LogP contribution in [0.15, 0.2) is 47.8 Å². The van der Waals surface area contributed by atoms with Gasteiger partial charge < -0.3 is 0 Å². The summed E-state index contributed by atoms with van der Waals surface area (Å²) in [5.41, 5.74) is 0. The Morgan fingerprint density at radius 1 is 1.26 bits per heavy atom. The third-order valence-electron chi connectivity index (χ3n) is 2.12. The molecule has 0 bridgehead atoms. The molecule has 2 aromatic heterocycles. The van der Waals surface area contributed by atoms with Crippen LogP contribution in [0.4, 0.5) is 13.2 Å². The minimum Gasteiger partial charge on any atom is -0.231 e. The minimum absolute atomic E-state index is 0.145. The quantitative estimate of drug-likeness (QED) is 0.625. The lowest BCUT2D eigenvalue weighted by Crippen LogP contribution is -2.00. The van der Waals surface area contributed by atoms with Crippen LogP contribution in [0.2, 0.25) is 0 Å². The monoisotopic (exact) mass is 286 g/mol. The number of allylic oxidation sites excluding steroid dienone is 1. The zero-order valence-electron chi connectivity index (χ0n) is 9.63. The van der Waals surface area contributed by atoms with E-state index in [1.165, 1.54) is 6.20 Å². The normalized spacial score (nSPS) is 10.5. The molecule has 0 radical (unpaired) electrons. The van der Waals surface area contributed by atoms with Crippen molar-refractivity contribution in [1.29, 1.82) is 0 Å². The fourth-order valence-electron chi connectivity index (χ4n) is 1.26. The summed E-state index contributed by atoms with van der Waals surface area (Å²) in [4.78, 5) is 8.16. The molecule has 0 aromatic carbocycles. The van der Waals surface area contributed by atoms with Gasteiger partial charge in [-0.3, -0.25) is 0 Å². The zero-order valence-corrected chi connectivity index (χ0v) is 10.4. The smallest absolute Gasteiger partial charge is 0.231 e. The molecule has 2 aromatic rings. The molecule has 4 nitrogen and oxygen atoms in total. The van der Waals surface area contributed by atoms with Crippen molar-refractivity contribution >= 4 is 11.8 Å². The first kappa shape index (κ1) is 13.6. The van der Waals surface area contributed by atoms with Crippen molar-refractivity contribution in [3.8, 4) is 5.82 Å². The second-order valence-corrected chi connectivity index (χ2v) is 4.47.